The predicted molar refractivity (Wildman–Crippen MR) is 161 cm³/mol. The van der Waals surface area contributed by atoms with E-state index in [4.69, 9.17) is 18.9 Å². The van der Waals surface area contributed by atoms with Crippen LogP contribution in [-0.4, -0.2) is 89.3 Å². The average molecular weight is 574 g/mol. The van der Waals surface area contributed by atoms with Gasteiger partial charge in [0.25, 0.3) is 5.91 Å². The molecule has 3 aromatic carbocycles. The molecule has 2 fully saturated rings. The van der Waals surface area contributed by atoms with Crippen LogP contribution >= 0.6 is 0 Å². The molecule has 2 aliphatic rings. The van der Waals surface area contributed by atoms with Crippen molar-refractivity contribution in [1.82, 2.24) is 9.80 Å². The normalized spacial score (nSPS) is 18.5. The third-order valence-corrected chi connectivity index (χ3v) is 8.36. The van der Waals surface area contributed by atoms with E-state index in [9.17, 15) is 9.59 Å². The number of carbonyl (C=O) groups is 2. The highest BCUT2D eigenvalue weighted by Gasteiger charge is 2.43. The number of amides is 2. The fraction of sp³-hybridized carbons (Fsp3) is 0.394. The number of piperazine rings is 1. The summed E-state index contributed by atoms with van der Waals surface area (Å²) >= 11 is 0. The van der Waals surface area contributed by atoms with Crippen molar-refractivity contribution in [3.63, 3.8) is 0 Å². The third-order valence-electron chi connectivity index (χ3n) is 8.36. The topological polar surface area (TPSA) is 80.8 Å². The Morgan fingerprint density at radius 1 is 0.714 bits per heavy atom. The number of rotatable bonds is 8. The Morgan fingerprint density at radius 3 is 1.93 bits per heavy atom. The molecule has 5 rings (SSSR count). The molecule has 0 radical (unpaired) electrons. The van der Waals surface area contributed by atoms with Crippen molar-refractivity contribution in [2.45, 2.75) is 12.8 Å². The minimum absolute atomic E-state index is 0.0487. The molecule has 0 N–H and O–H groups in total. The van der Waals surface area contributed by atoms with Gasteiger partial charge in [0.15, 0.2) is 11.5 Å². The van der Waals surface area contributed by atoms with Crippen molar-refractivity contribution in [2.24, 2.45) is 5.92 Å². The molecule has 9 nitrogen and oxygen atoms in total. The van der Waals surface area contributed by atoms with E-state index in [0.717, 1.165) is 22.6 Å². The number of benzene rings is 3. The second-order valence-electron chi connectivity index (χ2n) is 10.7. The summed E-state index contributed by atoms with van der Waals surface area (Å²) in [7, 11) is 6.39. The Bertz CT molecular complexity index is 1390. The summed E-state index contributed by atoms with van der Waals surface area (Å²) < 4.78 is 22.3. The fourth-order valence-corrected chi connectivity index (χ4v) is 6.05. The van der Waals surface area contributed by atoms with Gasteiger partial charge in [0.05, 0.1) is 40.0 Å². The van der Waals surface area contributed by atoms with Crippen molar-refractivity contribution in [1.29, 1.82) is 0 Å². The second kappa shape index (κ2) is 12.6. The summed E-state index contributed by atoms with van der Waals surface area (Å²) in [6, 6.07) is 19.3. The van der Waals surface area contributed by atoms with Crippen LogP contribution < -0.4 is 23.8 Å². The Hall–Kier alpha value is -4.40. The number of hydrogen-bond donors (Lipinski definition) is 0. The van der Waals surface area contributed by atoms with E-state index in [1.54, 1.807) is 33.3 Å². The van der Waals surface area contributed by atoms with Gasteiger partial charge in [0.2, 0.25) is 11.7 Å². The van der Waals surface area contributed by atoms with Crippen molar-refractivity contribution < 1.29 is 28.5 Å². The van der Waals surface area contributed by atoms with Gasteiger partial charge < -0.3 is 33.6 Å². The molecule has 9 heteroatoms. The molecule has 2 heterocycles. The lowest BCUT2D eigenvalue weighted by atomic mass is 9.87. The third kappa shape index (κ3) is 5.68. The number of methoxy groups -OCH3 is 4. The van der Waals surface area contributed by atoms with E-state index in [-0.39, 0.29) is 17.7 Å². The van der Waals surface area contributed by atoms with Crippen LogP contribution in [0.5, 0.6) is 23.0 Å². The zero-order valence-electron chi connectivity index (χ0n) is 25.0. The Balaban J connectivity index is 1.42. The van der Waals surface area contributed by atoms with Gasteiger partial charge in [-0.15, -0.1) is 0 Å². The van der Waals surface area contributed by atoms with Crippen LogP contribution in [0, 0.1) is 12.8 Å². The molecule has 0 saturated carbocycles. The lowest BCUT2D eigenvalue weighted by Crippen LogP contribution is -2.51. The molecular formula is C33H39N3O6. The first-order valence-electron chi connectivity index (χ1n) is 14.2. The minimum atomic E-state index is -0.417. The summed E-state index contributed by atoms with van der Waals surface area (Å²) in [5.41, 5.74) is 3.60. The molecule has 0 aliphatic carbocycles. The molecule has 2 amide bonds. The summed E-state index contributed by atoms with van der Waals surface area (Å²) in [5, 5.41) is 0. The number of ether oxygens (including phenoxy) is 4. The largest absolute Gasteiger partial charge is 0.495 e. The first kappa shape index (κ1) is 29.1. The first-order chi connectivity index (χ1) is 20.4. The summed E-state index contributed by atoms with van der Waals surface area (Å²) in [6.07, 6.45) is 0. The molecule has 3 aromatic rings. The first-order valence-corrected chi connectivity index (χ1v) is 14.2. The maximum absolute atomic E-state index is 14.2. The number of anilines is 1. The van der Waals surface area contributed by atoms with Crippen molar-refractivity contribution >= 4 is 17.5 Å². The highest BCUT2D eigenvalue weighted by atomic mass is 16.5. The standard InChI is InChI=1S/C33H39N3O6/c1-22-10-12-23(13-11-22)32(37)36-20-25(24-18-29(40-3)31(42-5)30(19-24)41-4)26(21-36)33(38)35-16-14-34(15-17-35)27-8-6-7-9-28(27)39-2/h6-13,18-19,25-26H,14-17,20-21H2,1-5H3. The summed E-state index contributed by atoms with van der Waals surface area (Å²) in [4.78, 5) is 33.8. The Morgan fingerprint density at radius 2 is 1.33 bits per heavy atom. The molecule has 0 spiro atoms. The van der Waals surface area contributed by atoms with Gasteiger partial charge in [0.1, 0.15) is 5.75 Å². The van der Waals surface area contributed by atoms with Crippen LogP contribution in [0.15, 0.2) is 60.7 Å². The maximum atomic E-state index is 14.2. The maximum Gasteiger partial charge on any atom is 0.253 e. The van der Waals surface area contributed by atoms with E-state index in [0.29, 0.717) is 62.1 Å². The van der Waals surface area contributed by atoms with Crippen LogP contribution in [-0.2, 0) is 4.79 Å². The number of nitrogens with zero attached hydrogens (tertiary/aromatic N) is 3. The number of aryl methyl sites for hydroxylation is 1. The number of para-hydroxylation sites is 2. The van der Waals surface area contributed by atoms with Crippen molar-refractivity contribution in [3.8, 4) is 23.0 Å². The van der Waals surface area contributed by atoms with Crippen LogP contribution in [0.25, 0.3) is 0 Å². The van der Waals surface area contributed by atoms with Crippen LogP contribution in [0.2, 0.25) is 0 Å². The van der Waals surface area contributed by atoms with E-state index >= 15 is 0 Å². The zero-order chi connectivity index (χ0) is 29.8. The van der Waals surface area contributed by atoms with Gasteiger partial charge in [-0.1, -0.05) is 29.8 Å². The van der Waals surface area contributed by atoms with Crippen LogP contribution in [0.3, 0.4) is 0 Å². The quantitative estimate of drug-likeness (QED) is 0.399. The van der Waals surface area contributed by atoms with E-state index in [1.807, 2.05) is 72.5 Å². The van der Waals surface area contributed by atoms with E-state index in [2.05, 4.69) is 4.90 Å². The monoisotopic (exact) mass is 573 g/mol. The van der Waals surface area contributed by atoms with E-state index in [1.165, 1.54) is 0 Å². The Labute approximate surface area is 247 Å². The van der Waals surface area contributed by atoms with Crippen molar-refractivity contribution in [3.05, 3.63) is 77.4 Å². The second-order valence-corrected chi connectivity index (χ2v) is 10.7. The van der Waals surface area contributed by atoms with Gasteiger partial charge in [0, 0.05) is 50.7 Å². The highest BCUT2D eigenvalue weighted by molar-refractivity contribution is 5.95. The van der Waals surface area contributed by atoms with Crippen LogP contribution in [0.4, 0.5) is 5.69 Å². The minimum Gasteiger partial charge on any atom is -0.495 e. The smallest absolute Gasteiger partial charge is 0.253 e. The molecule has 0 bridgehead atoms. The number of likely N-dealkylation sites (tertiary alicyclic amines) is 1. The SMILES string of the molecule is COc1ccccc1N1CCN(C(=O)C2CN(C(=O)c3ccc(C)cc3)CC2c2cc(OC)c(OC)c(OC)c2)CC1. The Kier molecular flexibility index (Phi) is 8.75. The predicted octanol–water partition coefficient (Wildman–Crippen LogP) is 4.23. The fourth-order valence-electron chi connectivity index (χ4n) is 6.05. The number of carbonyl (C=O) groups excluding carboxylic acids is 2. The molecule has 42 heavy (non-hydrogen) atoms. The molecule has 222 valence electrons. The van der Waals surface area contributed by atoms with Gasteiger partial charge in [-0.2, -0.15) is 0 Å². The average Bonchev–Trinajstić information content (AvgIpc) is 3.49. The summed E-state index contributed by atoms with van der Waals surface area (Å²) in [6.45, 7) is 5.29. The lowest BCUT2D eigenvalue weighted by Gasteiger charge is -2.38. The highest BCUT2D eigenvalue weighted by Crippen LogP contribution is 2.44. The number of hydrogen-bond acceptors (Lipinski definition) is 7. The van der Waals surface area contributed by atoms with Gasteiger partial charge >= 0.3 is 0 Å². The molecule has 2 saturated heterocycles. The zero-order valence-corrected chi connectivity index (χ0v) is 25.0. The van der Waals surface area contributed by atoms with Crippen molar-refractivity contribution in [2.75, 3.05) is 72.6 Å². The molecule has 2 unspecified atom stereocenters. The molecular weight excluding hydrogens is 534 g/mol. The molecule has 2 atom stereocenters. The molecule has 2 aliphatic heterocycles. The lowest BCUT2D eigenvalue weighted by molar-refractivity contribution is -0.135. The van der Waals surface area contributed by atoms with Gasteiger partial charge in [-0.05, 0) is 48.9 Å². The van der Waals surface area contributed by atoms with Crippen LogP contribution in [0.1, 0.15) is 27.4 Å². The summed E-state index contributed by atoms with van der Waals surface area (Å²) in [5.74, 6) is 1.66. The van der Waals surface area contributed by atoms with Gasteiger partial charge in [-0.25, -0.2) is 0 Å². The van der Waals surface area contributed by atoms with Gasteiger partial charge in [-0.3, -0.25) is 9.59 Å². The molecule has 0 aromatic heterocycles. The van der Waals surface area contributed by atoms with E-state index < -0.39 is 5.92 Å².